The topological polar surface area (TPSA) is 40.5 Å². The van der Waals surface area contributed by atoms with Crippen LogP contribution < -0.4 is 4.90 Å². The molecule has 3 nitrogen and oxygen atoms in total. The molecule has 0 saturated carbocycles. The minimum atomic E-state index is -4.70. The molecule has 0 aliphatic rings. The highest BCUT2D eigenvalue weighted by atomic mass is 19.4. The summed E-state index contributed by atoms with van der Waals surface area (Å²) >= 11 is 0. The average Bonchev–Trinajstić information content (AvgIpc) is 2.24. The molecule has 1 rings (SSSR count). The first-order chi connectivity index (χ1) is 8.21. The van der Waals surface area contributed by atoms with Gasteiger partial charge in [0.1, 0.15) is 0 Å². The van der Waals surface area contributed by atoms with Crippen molar-refractivity contribution in [3.63, 3.8) is 0 Å². The van der Waals surface area contributed by atoms with E-state index in [-0.39, 0.29) is 11.6 Å². The molecule has 0 heterocycles. The van der Waals surface area contributed by atoms with Gasteiger partial charge in [0.15, 0.2) is 0 Å². The maximum absolute atomic E-state index is 12.7. The zero-order valence-electron chi connectivity index (χ0n) is 9.82. The van der Waals surface area contributed by atoms with Crippen molar-refractivity contribution in [1.29, 1.82) is 0 Å². The van der Waals surface area contributed by atoms with Crippen LogP contribution in [-0.4, -0.2) is 31.3 Å². The molecule has 0 aromatic heterocycles. The zero-order valence-corrected chi connectivity index (χ0v) is 9.82. The highest BCUT2D eigenvalue weighted by molar-refractivity contribution is 5.91. The lowest BCUT2D eigenvalue weighted by atomic mass is 10.0. The highest BCUT2D eigenvalue weighted by Gasteiger charge is 2.35. The fourth-order valence-corrected chi connectivity index (χ4v) is 1.39. The van der Waals surface area contributed by atoms with Crippen LogP contribution in [0.3, 0.4) is 0 Å². The number of carboxylic acid groups (broad SMARTS) is 1. The fourth-order valence-electron chi connectivity index (χ4n) is 1.39. The average molecular weight is 259 g/mol. The minimum Gasteiger partial charge on any atom is -0.478 e. The van der Waals surface area contributed by atoms with E-state index in [9.17, 15) is 18.0 Å². The molecule has 0 unspecified atom stereocenters. The van der Waals surface area contributed by atoms with Gasteiger partial charge in [-0.3, -0.25) is 0 Å². The molecule has 0 radical (unpaired) electrons. The number of hydrogen-bond acceptors (Lipinski definition) is 2. The zero-order chi connectivity index (χ0) is 13.9. The fraction of sp³-hybridized carbons (Fsp3) is 0.250. The van der Waals surface area contributed by atoms with Crippen LogP contribution in [-0.2, 0) is 4.79 Å². The van der Waals surface area contributed by atoms with Crippen molar-refractivity contribution >= 4 is 17.2 Å². The molecular formula is C12H12F3NO2. The van der Waals surface area contributed by atoms with Gasteiger partial charge in [0.25, 0.3) is 0 Å². The lowest BCUT2D eigenvalue weighted by Gasteiger charge is -2.15. The quantitative estimate of drug-likeness (QED) is 0.848. The van der Waals surface area contributed by atoms with Crippen LogP contribution in [0.25, 0.3) is 5.57 Å². The molecule has 0 saturated heterocycles. The molecular weight excluding hydrogens is 247 g/mol. The van der Waals surface area contributed by atoms with Gasteiger partial charge in [-0.1, -0.05) is 12.1 Å². The van der Waals surface area contributed by atoms with Gasteiger partial charge >= 0.3 is 12.1 Å². The summed E-state index contributed by atoms with van der Waals surface area (Å²) in [6.45, 7) is 0. The summed E-state index contributed by atoms with van der Waals surface area (Å²) in [5, 5.41) is 8.47. The molecule has 98 valence electrons. The number of rotatable bonds is 3. The van der Waals surface area contributed by atoms with Crippen molar-refractivity contribution in [1.82, 2.24) is 0 Å². The van der Waals surface area contributed by atoms with Gasteiger partial charge in [-0.15, -0.1) is 0 Å². The van der Waals surface area contributed by atoms with E-state index < -0.39 is 17.7 Å². The maximum atomic E-state index is 12.7. The third-order valence-corrected chi connectivity index (χ3v) is 2.27. The van der Waals surface area contributed by atoms with Crippen molar-refractivity contribution in [2.45, 2.75) is 6.18 Å². The van der Waals surface area contributed by atoms with Crippen molar-refractivity contribution in [2.24, 2.45) is 0 Å². The van der Waals surface area contributed by atoms with Crippen LogP contribution in [0.2, 0.25) is 0 Å². The number of halogens is 3. The number of benzene rings is 1. The number of carboxylic acids is 1. The number of allylic oxidation sites excluding steroid dienone is 1. The smallest absolute Gasteiger partial charge is 0.417 e. The van der Waals surface area contributed by atoms with Crippen LogP contribution >= 0.6 is 0 Å². The summed E-state index contributed by atoms with van der Waals surface area (Å²) in [5.74, 6) is -1.63. The van der Waals surface area contributed by atoms with Gasteiger partial charge in [-0.05, 0) is 17.7 Å². The summed E-state index contributed by atoms with van der Waals surface area (Å²) in [6, 6.07) is 5.49. The second-order valence-electron chi connectivity index (χ2n) is 3.84. The van der Waals surface area contributed by atoms with Crippen molar-refractivity contribution < 1.29 is 23.1 Å². The molecule has 1 N–H and O–H groups in total. The second kappa shape index (κ2) is 5.12. The summed E-state index contributed by atoms with van der Waals surface area (Å²) in [7, 11) is 3.51. The van der Waals surface area contributed by atoms with Gasteiger partial charge in [0.05, 0.1) is 5.57 Å². The van der Waals surface area contributed by atoms with Gasteiger partial charge in [-0.2, -0.15) is 13.2 Å². The normalized spacial score (nSPS) is 12.4. The Balaban J connectivity index is 3.19. The predicted molar refractivity (Wildman–Crippen MR) is 62.4 cm³/mol. The van der Waals surface area contributed by atoms with Crippen LogP contribution in [0.1, 0.15) is 5.56 Å². The number of nitrogens with zero attached hydrogens (tertiary/aromatic N) is 1. The number of aliphatic carboxylic acids is 1. The Morgan fingerprint density at radius 1 is 1.22 bits per heavy atom. The van der Waals surface area contributed by atoms with Crippen molar-refractivity contribution in [3.8, 4) is 0 Å². The van der Waals surface area contributed by atoms with Gasteiger partial charge in [-0.25, -0.2) is 4.79 Å². The van der Waals surface area contributed by atoms with E-state index in [2.05, 4.69) is 0 Å². The number of hydrogen-bond donors (Lipinski definition) is 1. The summed E-state index contributed by atoms with van der Waals surface area (Å²) in [5.41, 5.74) is -0.605. The number of carbonyl (C=O) groups is 1. The summed E-state index contributed by atoms with van der Waals surface area (Å²) in [4.78, 5) is 12.2. The molecule has 1 aromatic carbocycles. The molecule has 6 heteroatoms. The van der Waals surface area contributed by atoms with E-state index in [0.29, 0.717) is 0 Å². The third kappa shape index (κ3) is 3.51. The van der Waals surface area contributed by atoms with E-state index in [1.165, 1.54) is 24.3 Å². The Bertz CT molecular complexity index is 461. The third-order valence-electron chi connectivity index (χ3n) is 2.27. The Hall–Kier alpha value is -1.98. The van der Waals surface area contributed by atoms with E-state index in [0.717, 1.165) is 5.69 Å². The first-order valence-electron chi connectivity index (χ1n) is 5.01. The molecule has 0 aliphatic carbocycles. The van der Waals surface area contributed by atoms with Gasteiger partial charge in [0, 0.05) is 25.9 Å². The number of alkyl halides is 3. The van der Waals surface area contributed by atoms with Crippen LogP contribution in [0.5, 0.6) is 0 Å². The van der Waals surface area contributed by atoms with E-state index in [4.69, 9.17) is 5.11 Å². The lowest BCUT2D eigenvalue weighted by molar-refractivity contribution is -0.131. The van der Waals surface area contributed by atoms with Crippen LogP contribution in [0, 0.1) is 0 Å². The SMILES string of the molecule is CN(C)c1ccc(/C(=C\C(=O)O)C(F)(F)F)cc1. The molecule has 0 fully saturated rings. The van der Waals surface area contributed by atoms with E-state index in [1.54, 1.807) is 19.0 Å². The number of anilines is 1. The molecule has 0 aliphatic heterocycles. The van der Waals surface area contributed by atoms with Gasteiger partial charge in [0.2, 0.25) is 0 Å². The highest BCUT2D eigenvalue weighted by Crippen LogP contribution is 2.34. The molecule has 0 bridgehead atoms. The lowest BCUT2D eigenvalue weighted by Crippen LogP contribution is -2.13. The minimum absolute atomic E-state index is 0.171. The molecule has 0 amide bonds. The first kappa shape index (κ1) is 14.1. The largest absolute Gasteiger partial charge is 0.478 e. The Morgan fingerprint density at radius 3 is 2.06 bits per heavy atom. The first-order valence-corrected chi connectivity index (χ1v) is 5.01. The van der Waals surface area contributed by atoms with Crippen molar-refractivity contribution in [2.75, 3.05) is 19.0 Å². The Kier molecular flexibility index (Phi) is 4.00. The van der Waals surface area contributed by atoms with Gasteiger partial charge < -0.3 is 10.0 Å². The second-order valence-corrected chi connectivity index (χ2v) is 3.84. The predicted octanol–water partition coefficient (Wildman–Crippen LogP) is 2.78. The standard InChI is InChI=1S/C12H12F3NO2/c1-16(2)9-5-3-8(4-6-9)10(7-11(17)18)12(13,14)15/h3-7H,1-2H3,(H,17,18)/b10-7+. The molecule has 1 aromatic rings. The summed E-state index contributed by atoms with van der Waals surface area (Å²) < 4.78 is 38.0. The molecule has 0 spiro atoms. The molecule has 0 atom stereocenters. The maximum Gasteiger partial charge on any atom is 0.417 e. The van der Waals surface area contributed by atoms with E-state index in [1.807, 2.05) is 0 Å². The van der Waals surface area contributed by atoms with Crippen LogP contribution in [0.15, 0.2) is 30.3 Å². The van der Waals surface area contributed by atoms with Crippen molar-refractivity contribution in [3.05, 3.63) is 35.9 Å². The Labute approximate surface area is 102 Å². The Morgan fingerprint density at radius 2 is 1.72 bits per heavy atom. The van der Waals surface area contributed by atoms with Crippen LogP contribution in [0.4, 0.5) is 18.9 Å². The van der Waals surface area contributed by atoms with E-state index >= 15 is 0 Å². The summed E-state index contributed by atoms with van der Waals surface area (Å²) in [6.07, 6.45) is -4.53. The molecule has 18 heavy (non-hydrogen) atoms. The monoisotopic (exact) mass is 259 g/mol.